The van der Waals surface area contributed by atoms with Gasteiger partial charge in [-0.15, -0.1) is 0 Å². The Bertz CT molecular complexity index is 198. The fourth-order valence-corrected chi connectivity index (χ4v) is 1.98. The lowest BCUT2D eigenvalue weighted by molar-refractivity contribution is 0.231. The first-order valence-electron chi connectivity index (χ1n) is 4.86. The Kier molecular flexibility index (Phi) is 2.21. The second-order valence-corrected chi connectivity index (χ2v) is 3.59. The predicted molar refractivity (Wildman–Crippen MR) is 49.0 cm³/mol. The molecule has 2 aliphatic heterocycles. The molecule has 0 aromatic rings. The van der Waals surface area contributed by atoms with Gasteiger partial charge in [-0.3, -0.25) is 0 Å². The molecule has 0 spiro atoms. The van der Waals surface area contributed by atoms with Crippen molar-refractivity contribution in [2.24, 2.45) is 5.73 Å². The summed E-state index contributed by atoms with van der Waals surface area (Å²) in [5.41, 5.74) is 11.8. The zero-order valence-electron chi connectivity index (χ0n) is 7.47. The van der Waals surface area contributed by atoms with Crippen LogP contribution >= 0.6 is 0 Å². The summed E-state index contributed by atoms with van der Waals surface area (Å²) in [6.07, 6.45) is 6.00. The number of rotatable bonds is 0. The average Bonchev–Trinajstić information content (AvgIpc) is 2.30. The maximum absolute atomic E-state index is 5.96. The van der Waals surface area contributed by atoms with Crippen molar-refractivity contribution in [3.8, 4) is 0 Å². The third kappa shape index (κ3) is 1.41. The third-order valence-electron chi connectivity index (χ3n) is 2.67. The van der Waals surface area contributed by atoms with Crippen molar-refractivity contribution in [3.63, 3.8) is 0 Å². The highest BCUT2D eigenvalue weighted by molar-refractivity contribution is 5.13. The first-order chi connectivity index (χ1) is 5.88. The van der Waals surface area contributed by atoms with Crippen molar-refractivity contribution in [2.45, 2.75) is 32.1 Å². The second kappa shape index (κ2) is 3.35. The summed E-state index contributed by atoms with van der Waals surface area (Å²) in [5.74, 6) is 0. The van der Waals surface area contributed by atoms with E-state index in [0.29, 0.717) is 0 Å². The second-order valence-electron chi connectivity index (χ2n) is 3.59. The minimum atomic E-state index is 1.09. The normalized spacial score (nSPS) is 25.2. The van der Waals surface area contributed by atoms with E-state index in [1.54, 1.807) is 0 Å². The molecule has 1 saturated heterocycles. The number of hydrogen-bond donors (Lipinski definition) is 2. The lowest BCUT2D eigenvalue weighted by Gasteiger charge is -2.31. The Hall–Kier alpha value is -0.700. The summed E-state index contributed by atoms with van der Waals surface area (Å²) < 4.78 is 0. The first-order valence-corrected chi connectivity index (χ1v) is 4.86. The van der Waals surface area contributed by atoms with Gasteiger partial charge >= 0.3 is 0 Å². The van der Waals surface area contributed by atoms with Gasteiger partial charge in [-0.25, -0.2) is 5.43 Å². The lowest BCUT2D eigenvalue weighted by Crippen LogP contribution is -2.40. The van der Waals surface area contributed by atoms with Gasteiger partial charge in [-0.2, -0.15) is 0 Å². The summed E-state index contributed by atoms with van der Waals surface area (Å²) in [5, 5.41) is 2.26. The summed E-state index contributed by atoms with van der Waals surface area (Å²) in [6, 6.07) is 0. The van der Waals surface area contributed by atoms with Crippen molar-refractivity contribution >= 4 is 0 Å². The van der Waals surface area contributed by atoms with Gasteiger partial charge in [0.05, 0.1) is 0 Å². The molecule has 0 atom stereocenters. The Morgan fingerprint density at radius 3 is 3.00 bits per heavy atom. The molecule has 3 N–H and O–H groups in total. The lowest BCUT2D eigenvalue weighted by atomic mass is 10.1. The number of hydrogen-bond acceptors (Lipinski definition) is 3. The minimum Gasteiger partial charge on any atom is -0.401 e. The molecule has 12 heavy (non-hydrogen) atoms. The summed E-state index contributed by atoms with van der Waals surface area (Å²) in [7, 11) is 0. The summed E-state index contributed by atoms with van der Waals surface area (Å²) in [6.45, 7) is 2.24. The van der Waals surface area contributed by atoms with E-state index in [1.807, 2.05) is 0 Å². The first kappa shape index (κ1) is 7.92. The standard InChI is InChI=1S/C9H17N3/c10-8-4-3-7-12-9(8)5-1-2-6-11-12/h11H,1-7,10H2. The summed E-state index contributed by atoms with van der Waals surface area (Å²) in [4.78, 5) is 0. The Balaban J connectivity index is 2.17. The van der Waals surface area contributed by atoms with Gasteiger partial charge in [-0.05, 0) is 32.1 Å². The van der Waals surface area contributed by atoms with Crippen LogP contribution in [-0.2, 0) is 0 Å². The van der Waals surface area contributed by atoms with Crippen LogP contribution in [0.1, 0.15) is 32.1 Å². The van der Waals surface area contributed by atoms with Crippen molar-refractivity contribution < 1.29 is 0 Å². The van der Waals surface area contributed by atoms with Gasteiger partial charge in [0.2, 0.25) is 0 Å². The largest absolute Gasteiger partial charge is 0.401 e. The average molecular weight is 167 g/mol. The van der Waals surface area contributed by atoms with Gasteiger partial charge in [0.25, 0.3) is 0 Å². The van der Waals surface area contributed by atoms with Crippen molar-refractivity contribution in [3.05, 3.63) is 11.4 Å². The molecular weight excluding hydrogens is 150 g/mol. The molecule has 0 aromatic carbocycles. The van der Waals surface area contributed by atoms with Crippen LogP contribution in [0.3, 0.4) is 0 Å². The van der Waals surface area contributed by atoms with Gasteiger partial charge < -0.3 is 10.7 Å². The number of nitrogens with one attached hydrogen (secondary N) is 1. The van der Waals surface area contributed by atoms with E-state index in [9.17, 15) is 0 Å². The van der Waals surface area contributed by atoms with Crippen LogP contribution in [0, 0.1) is 0 Å². The minimum absolute atomic E-state index is 1.09. The summed E-state index contributed by atoms with van der Waals surface area (Å²) >= 11 is 0. The Morgan fingerprint density at radius 1 is 1.17 bits per heavy atom. The van der Waals surface area contributed by atoms with Gasteiger partial charge in [0, 0.05) is 24.5 Å². The van der Waals surface area contributed by atoms with E-state index in [2.05, 4.69) is 10.4 Å². The van der Waals surface area contributed by atoms with Gasteiger partial charge in [0.1, 0.15) is 0 Å². The van der Waals surface area contributed by atoms with Crippen molar-refractivity contribution in [1.29, 1.82) is 0 Å². The molecule has 3 heteroatoms. The number of hydrazine groups is 1. The molecule has 0 unspecified atom stereocenters. The van der Waals surface area contributed by atoms with Crippen LogP contribution in [0.2, 0.25) is 0 Å². The van der Waals surface area contributed by atoms with Crippen LogP contribution in [0.25, 0.3) is 0 Å². The van der Waals surface area contributed by atoms with Crippen molar-refractivity contribution in [2.75, 3.05) is 13.1 Å². The van der Waals surface area contributed by atoms with Crippen LogP contribution in [0.5, 0.6) is 0 Å². The number of fused-ring (bicyclic) bond motifs is 1. The van der Waals surface area contributed by atoms with E-state index >= 15 is 0 Å². The smallest absolute Gasteiger partial charge is 0.0480 e. The van der Waals surface area contributed by atoms with Crippen LogP contribution < -0.4 is 11.2 Å². The third-order valence-corrected chi connectivity index (χ3v) is 2.67. The predicted octanol–water partition coefficient (Wildman–Crippen LogP) is 0.941. The SMILES string of the molecule is NC1=C2CCCCNN2CCC1. The molecule has 0 aliphatic carbocycles. The number of nitrogens with two attached hydrogens (primary N) is 1. The van der Waals surface area contributed by atoms with E-state index in [0.717, 1.165) is 25.2 Å². The maximum Gasteiger partial charge on any atom is 0.0480 e. The maximum atomic E-state index is 5.96. The van der Waals surface area contributed by atoms with Crippen LogP contribution in [0.4, 0.5) is 0 Å². The van der Waals surface area contributed by atoms with E-state index in [4.69, 9.17) is 5.73 Å². The molecule has 0 bridgehead atoms. The molecule has 1 fully saturated rings. The number of allylic oxidation sites excluding steroid dienone is 2. The number of nitrogens with zero attached hydrogens (tertiary/aromatic N) is 1. The molecule has 0 radical (unpaired) electrons. The van der Waals surface area contributed by atoms with Crippen LogP contribution in [0.15, 0.2) is 11.4 Å². The molecule has 2 heterocycles. The highest BCUT2D eigenvalue weighted by atomic mass is 15.5. The van der Waals surface area contributed by atoms with Gasteiger partial charge in [0.15, 0.2) is 0 Å². The molecule has 0 amide bonds. The zero-order chi connectivity index (χ0) is 8.39. The fraction of sp³-hybridized carbons (Fsp3) is 0.778. The van der Waals surface area contributed by atoms with Gasteiger partial charge in [-0.1, -0.05) is 0 Å². The molecule has 2 aliphatic rings. The quantitative estimate of drug-likeness (QED) is 0.564. The topological polar surface area (TPSA) is 41.3 Å². The zero-order valence-corrected chi connectivity index (χ0v) is 7.47. The Labute approximate surface area is 73.6 Å². The highest BCUT2D eigenvalue weighted by Gasteiger charge is 2.19. The van der Waals surface area contributed by atoms with E-state index in [-0.39, 0.29) is 0 Å². The molecule has 3 nitrogen and oxygen atoms in total. The molecular formula is C9H17N3. The van der Waals surface area contributed by atoms with Crippen LogP contribution in [-0.4, -0.2) is 18.1 Å². The molecule has 68 valence electrons. The molecule has 0 saturated carbocycles. The Morgan fingerprint density at radius 2 is 2.08 bits per heavy atom. The monoisotopic (exact) mass is 167 g/mol. The molecule has 2 rings (SSSR count). The fourth-order valence-electron chi connectivity index (χ4n) is 1.98. The van der Waals surface area contributed by atoms with Crippen molar-refractivity contribution in [1.82, 2.24) is 10.4 Å². The van der Waals surface area contributed by atoms with E-state index in [1.165, 1.54) is 31.4 Å². The molecule has 0 aromatic heterocycles. The highest BCUT2D eigenvalue weighted by Crippen LogP contribution is 2.23. The van der Waals surface area contributed by atoms with E-state index < -0.39 is 0 Å².